The number of para-hydroxylation sites is 1. The van der Waals surface area contributed by atoms with Crippen LogP contribution in [0.15, 0.2) is 42.6 Å². The van der Waals surface area contributed by atoms with Crippen LogP contribution in [0.25, 0.3) is 11.2 Å². The first kappa shape index (κ1) is 16.5. The van der Waals surface area contributed by atoms with Crippen molar-refractivity contribution in [2.45, 2.75) is 39.3 Å². The van der Waals surface area contributed by atoms with Gasteiger partial charge in [-0.1, -0.05) is 25.1 Å². The van der Waals surface area contributed by atoms with Gasteiger partial charge in [-0.3, -0.25) is 0 Å². The Balaban J connectivity index is 1.81. The molecule has 5 heteroatoms. The lowest BCUT2D eigenvalue weighted by Crippen LogP contribution is -2.26. The van der Waals surface area contributed by atoms with Crippen molar-refractivity contribution in [1.29, 1.82) is 0 Å². The van der Waals surface area contributed by atoms with E-state index >= 15 is 0 Å². The fourth-order valence-corrected chi connectivity index (χ4v) is 2.68. The topological polar surface area (TPSA) is 66.0 Å². The highest BCUT2D eigenvalue weighted by atomic mass is 16.5. The van der Waals surface area contributed by atoms with E-state index in [1.165, 1.54) is 0 Å². The molecule has 0 saturated heterocycles. The summed E-state index contributed by atoms with van der Waals surface area (Å²) in [5.41, 5.74) is 9.10. The van der Waals surface area contributed by atoms with Crippen LogP contribution in [-0.4, -0.2) is 27.2 Å². The van der Waals surface area contributed by atoms with Crippen molar-refractivity contribution in [3.05, 3.63) is 54.0 Å². The molecule has 1 aromatic carbocycles. The van der Waals surface area contributed by atoms with Gasteiger partial charge in [-0.2, -0.15) is 0 Å². The van der Waals surface area contributed by atoms with E-state index in [0.29, 0.717) is 6.61 Å². The first-order valence-corrected chi connectivity index (χ1v) is 8.42. The molecule has 2 aromatic heterocycles. The maximum absolute atomic E-state index is 6.17. The van der Waals surface area contributed by atoms with Gasteiger partial charge in [0.15, 0.2) is 5.65 Å². The summed E-state index contributed by atoms with van der Waals surface area (Å²) in [4.78, 5) is 9.32. The quantitative estimate of drug-likeness (QED) is 0.725. The zero-order chi connectivity index (χ0) is 16.9. The molecule has 3 aromatic rings. The molecule has 0 aliphatic rings. The Morgan fingerprint density at radius 1 is 1.25 bits per heavy atom. The van der Waals surface area contributed by atoms with Gasteiger partial charge in [0.25, 0.3) is 0 Å². The van der Waals surface area contributed by atoms with Gasteiger partial charge in [-0.05, 0) is 37.1 Å². The van der Waals surface area contributed by atoms with Crippen LogP contribution >= 0.6 is 0 Å². The molecule has 126 valence electrons. The Morgan fingerprint density at radius 2 is 2.04 bits per heavy atom. The summed E-state index contributed by atoms with van der Waals surface area (Å²) >= 11 is 0. The predicted octanol–water partition coefficient (Wildman–Crippen LogP) is 3.10. The van der Waals surface area contributed by atoms with E-state index in [9.17, 15) is 0 Å². The van der Waals surface area contributed by atoms with Gasteiger partial charge in [0.05, 0.1) is 6.61 Å². The molecule has 0 aliphatic heterocycles. The monoisotopic (exact) mass is 324 g/mol. The molecule has 1 atom stereocenters. The summed E-state index contributed by atoms with van der Waals surface area (Å²) in [5, 5.41) is 0. The summed E-state index contributed by atoms with van der Waals surface area (Å²) < 4.78 is 7.95. The van der Waals surface area contributed by atoms with Crippen molar-refractivity contribution in [2.75, 3.05) is 6.61 Å². The van der Waals surface area contributed by atoms with E-state index in [2.05, 4.69) is 22.5 Å². The average Bonchev–Trinajstić information content (AvgIpc) is 2.92. The minimum absolute atomic E-state index is 0.0966. The summed E-state index contributed by atoms with van der Waals surface area (Å²) in [6, 6.07) is 12.0. The number of hydrogen-bond acceptors (Lipinski definition) is 4. The van der Waals surface area contributed by atoms with Crippen molar-refractivity contribution in [3.63, 3.8) is 0 Å². The first-order chi connectivity index (χ1) is 11.7. The fourth-order valence-electron chi connectivity index (χ4n) is 2.68. The van der Waals surface area contributed by atoms with E-state index in [-0.39, 0.29) is 6.04 Å². The maximum atomic E-state index is 6.17. The van der Waals surface area contributed by atoms with Crippen LogP contribution in [0.2, 0.25) is 0 Å². The third kappa shape index (κ3) is 3.74. The third-order valence-electron chi connectivity index (χ3n) is 4.08. The van der Waals surface area contributed by atoms with Gasteiger partial charge >= 0.3 is 0 Å². The molecule has 3 rings (SSSR count). The van der Waals surface area contributed by atoms with Gasteiger partial charge in [-0.25, -0.2) is 9.97 Å². The molecule has 24 heavy (non-hydrogen) atoms. The van der Waals surface area contributed by atoms with Crippen LogP contribution < -0.4 is 10.5 Å². The molecule has 0 spiro atoms. The highest BCUT2D eigenvalue weighted by Gasteiger charge is 2.14. The molecular formula is C19H24N4O. The molecular weight excluding hydrogens is 300 g/mol. The normalized spacial score (nSPS) is 12.5. The third-order valence-corrected chi connectivity index (χ3v) is 4.08. The summed E-state index contributed by atoms with van der Waals surface area (Å²) in [6.07, 6.45) is 3.52. The zero-order valence-electron chi connectivity index (χ0n) is 14.3. The molecule has 0 aliphatic carbocycles. The van der Waals surface area contributed by atoms with Gasteiger partial charge < -0.3 is 15.0 Å². The first-order valence-electron chi connectivity index (χ1n) is 8.42. The molecule has 1 unspecified atom stereocenters. The van der Waals surface area contributed by atoms with Crippen LogP contribution in [0.5, 0.6) is 5.75 Å². The molecule has 0 radical (unpaired) electrons. The molecule has 0 saturated carbocycles. The largest absolute Gasteiger partial charge is 0.493 e. The lowest BCUT2D eigenvalue weighted by molar-refractivity contribution is 0.316. The lowest BCUT2D eigenvalue weighted by Gasteiger charge is -2.13. The standard InChI is InChI=1S/C19H24N4O/c1-3-15(20)13-23-18(9-10-24-16-7-5-4-6-8-16)22-17-11-14(2)12-21-19(17)23/h4-8,11-12,15H,3,9-10,13,20H2,1-2H3. The highest BCUT2D eigenvalue weighted by Crippen LogP contribution is 2.17. The number of pyridine rings is 1. The van der Waals surface area contributed by atoms with Gasteiger partial charge in [0.1, 0.15) is 17.1 Å². The predicted molar refractivity (Wildman–Crippen MR) is 96.2 cm³/mol. The molecule has 0 bridgehead atoms. The minimum Gasteiger partial charge on any atom is -0.493 e. The van der Waals surface area contributed by atoms with E-state index < -0.39 is 0 Å². The molecule has 5 nitrogen and oxygen atoms in total. The molecule has 0 fully saturated rings. The Labute approximate surface area is 142 Å². The van der Waals surface area contributed by atoms with Crippen molar-refractivity contribution in [3.8, 4) is 5.75 Å². The van der Waals surface area contributed by atoms with Crippen LogP contribution in [-0.2, 0) is 13.0 Å². The highest BCUT2D eigenvalue weighted by molar-refractivity contribution is 5.72. The van der Waals surface area contributed by atoms with Crippen LogP contribution in [0.3, 0.4) is 0 Å². The van der Waals surface area contributed by atoms with E-state index in [4.69, 9.17) is 15.5 Å². The minimum atomic E-state index is 0.0966. The molecule has 0 amide bonds. The van der Waals surface area contributed by atoms with Crippen molar-refractivity contribution < 1.29 is 4.74 Å². The second-order valence-electron chi connectivity index (χ2n) is 6.07. The second-order valence-corrected chi connectivity index (χ2v) is 6.07. The SMILES string of the molecule is CCC(N)Cn1c(CCOc2ccccc2)nc2cc(C)cnc21. The van der Waals surface area contributed by atoms with Crippen LogP contribution in [0.1, 0.15) is 24.7 Å². The summed E-state index contributed by atoms with van der Waals surface area (Å²) in [7, 11) is 0. The van der Waals surface area contributed by atoms with Crippen molar-refractivity contribution >= 4 is 11.2 Å². The summed E-state index contributed by atoms with van der Waals surface area (Å²) in [5.74, 6) is 1.85. The molecule has 2 N–H and O–H groups in total. The number of hydrogen-bond donors (Lipinski definition) is 1. The number of aryl methyl sites for hydroxylation is 1. The van der Waals surface area contributed by atoms with Gasteiger partial charge in [-0.15, -0.1) is 0 Å². The zero-order valence-corrected chi connectivity index (χ0v) is 14.3. The Bertz CT molecular complexity index is 798. The number of nitrogens with two attached hydrogens (primary N) is 1. The lowest BCUT2D eigenvalue weighted by atomic mass is 10.2. The van der Waals surface area contributed by atoms with Crippen molar-refractivity contribution in [1.82, 2.24) is 14.5 Å². The van der Waals surface area contributed by atoms with Gasteiger partial charge in [0.2, 0.25) is 0 Å². The average molecular weight is 324 g/mol. The number of ether oxygens (including phenoxy) is 1. The van der Waals surface area contributed by atoms with E-state index in [0.717, 1.165) is 47.7 Å². The van der Waals surface area contributed by atoms with E-state index in [1.807, 2.05) is 43.5 Å². The second kappa shape index (κ2) is 7.45. The molecule has 2 heterocycles. The van der Waals surface area contributed by atoms with Crippen LogP contribution in [0.4, 0.5) is 0 Å². The number of nitrogens with zero attached hydrogens (tertiary/aromatic N) is 3. The number of fused-ring (bicyclic) bond motifs is 1. The Morgan fingerprint density at radius 3 is 2.79 bits per heavy atom. The number of imidazole rings is 1. The number of rotatable bonds is 7. The van der Waals surface area contributed by atoms with Crippen molar-refractivity contribution in [2.24, 2.45) is 5.73 Å². The number of benzene rings is 1. The smallest absolute Gasteiger partial charge is 0.160 e. The number of aromatic nitrogens is 3. The fraction of sp³-hybridized carbons (Fsp3) is 0.368. The maximum Gasteiger partial charge on any atom is 0.160 e. The van der Waals surface area contributed by atoms with Gasteiger partial charge in [0, 0.05) is 25.2 Å². The van der Waals surface area contributed by atoms with Crippen LogP contribution in [0, 0.1) is 6.92 Å². The Kier molecular flexibility index (Phi) is 5.11. The summed E-state index contributed by atoms with van der Waals surface area (Å²) in [6.45, 7) is 5.43. The Hall–Kier alpha value is -2.40. The van der Waals surface area contributed by atoms with E-state index in [1.54, 1.807) is 0 Å².